The van der Waals surface area contributed by atoms with E-state index in [2.05, 4.69) is 4.98 Å². The Morgan fingerprint density at radius 2 is 2.06 bits per heavy atom. The minimum Gasteiger partial charge on any atom is -0.508 e. The number of hydrogen-bond acceptors (Lipinski definition) is 3. The number of rotatable bonds is 2. The lowest BCUT2D eigenvalue weighted by Gasteiger charge is -2.05. The van der Waals surface area contributed by atoms with E-state index in [9.17, 15) is 9.90 Å². The summed E-state index contributed by atoms with van der Waals surface area (Å²) >= 11 is 0. The van der Waals surface area contributed by atoms with Gasteiger partial charge in [-0.25, -0.2) is 4.79 Å². The van der Waals surface area contributed by atoms with Crippen LogP contribution in [-0.2, 0) is 0 Å². The molecule has 2 N–H and O–H groups in total. The van der Waals surface area contributed by atoms with Crippen molar-refractivity contribution in [1.82, 2.24) is 4.98 Å². The lowest BCUT2D eigenvalue weighted by Crippen LogP contribution is -1.99. The van der Waals surface area contributed by atoms with Gasteiger partial charge in [0.2, 0.25) is 0 Å². The standard InChI is InChI=1S/C12H9NO3/c14-9-3-1-2-8(6-9)11-7-13-5-4-10(11)12(15)16/h1-7,14H,(H,15,16). The fourth-order valence-corrected chi connectivity index (χ4v) is 1.48. The van der Waals surface area contributed by atoms with Gasteiger partial charge in [-0.3, -0.25) is 4.98 Å². The van der Waals surface area contributed by atoms with Gasteiger partial charge in [-0.05, 0) is 23.8 Å². The Labute approximate surface area is 91.8 Å². The molecule has 80 valence electrons. The summed E-state index contributed by atoms with van der Waals surface area (Å²) in [7, 11) is 0. The van der Waals surface area contributed by atoms with Crippen molar-refractivity contribution < 1.29 is 15.0 Å². The molecule has 1 heterocycles. The molecule has 0 aliphatic heterocycles. The van der Waals surface area contributed by atoms with Crippen LogP contribution >= 0.6 is 0 Å². The number of benzene rings is 1. The van der Waals surface area contributed by atoms with Crippen LogP contribution in [0.2, 0.25) is 0 Å². The third-order valence-corrected chi connectivity index (χ3v) is 2.21. The predicted octanol–water partition coefficient (Wildman–Crippen LogP) is 2.15. The Hall–Kier alpha value is -2.36. The molecular weight excluding hydrogens is 206 g/mol. The Bertz CT molecular complexity index is 537. The first-order valence-electron chi connectivity index (χ1n) is 4.65. The minimum atomic E-state index is -1.01. The van der Waals surface area contributed by atoms with Crippen LogP contribution in [0.3, 0.4) is 0 Å². The molecule has 1 aromatic carbocycles. The molecule has 2 rings (SSSR count). The summed E-state index contributed by atoms with van der Waals surface area (Å²) in [5.74, 6) is -0.918. The summed E-state index contributed by atoms with van der Waals surface area (Å²) in [5, 5.41) is 18.3. The van der Waals surface area contributed by atoms with Crippen molar-refractivity contribution in [2.24, 2.45) is 0 Å². The lowest BCUT2D eigenvalue weighted by molar-refractivity contribution is 0.0697. The number of pyridine rings is 1. The summed E-state index contributed by atoms with van der Waals surface area (Å²) < 4.78 is 0. The molecule has 0 saturated heterocycles. The predicted molar refractivity (Wildman–Crippen MR) is 58.3 cm³/mol. The molecule has 2 aromatic rings. The van der Waals surface area contributed by atoms with E-state index in [1.165, 1.54) is 30.6 Å². The van der Waals surface area contributed by atoms with E-state index in [1.54, 1.807) is 12.1 Å². The summed E-state index contributed by atoms with van der Waals surface area (Å²) in [6.07, 6.45) is 2.90. The number of nitrogens with zero attached hydrogens (tertiary/aromatic N) is 1. The van der Waals surface area contributed by atoms with E-state index in [-0.39, 0.29) is 11.3 Å². The van der Waals surface area contributed by atoms with E-state index >= 15 is 0 Å². The van der Waals surface area contributed by atoms with Crippen molar-refractivity contribution in [2.45, 2.75) is 0 Å². The van der Waals surface area contributed by atoms with E-state index in [4.69, 9.17) is 5.11 Å². The second-order valence-electron chi connectivity index (χ2n) is 3.28. The van der Waals surface area contributed by atoms with Gasteiger partial charge in [-0.15, -0.1) is 0 Å². The molecule has 0 atom stereocenters. The Morgan fingerprint density at radius 1 is 1.25 bits per heavy atom. The number of phenols is 1. The van der Waals surface area contributed by atoms with Gasteiger partial charge in [0, 0.05) is 18.0 Å². The number of aromatic nitrogens is 1. The van der Waals surface area contributed by atoms with E-state index in [0.29, 0.717) is 11.1 Å². The maximum Gasteiger partial charge on any atom is 0.336 e. The molecule has 0 spiro atoms. The molecule has 0 saturated carbocycles. The molecule has 0 aliphatic rings. The number of carboxylic acid groups (broad SMARTS) is 1. The highest BCUT2D eigenvalue weighted by Gasteiger charge is 2.11. The molecular formula is C12H9NO3. The first kappa shape index (κ1) is 10.2. The second-order valence-corrected chi connectivity index (χ2v) is 3.28. The van der Waals surface area contributed by atoms with Crippen LogP contribution in [0.15, 0.2) is 42.7 Å². The maximum absolute atomic E-state index is 11.0. The summed E-state index contributed by atoms with van der Waals surface area (Å²) in [5.41, 5.74) is 1.29. The Morgan fingerprint density at radius 3 is 2.75 bits per heavy atom. The Balaban J connectivity index is 2.60. The monoisotopic (exact) mass is 215 g/mol. The van der Waals surface area contributed by atoms with E-state index in [0.717, 1.165) is 0 Å². The highest BCUT2D eigenvalue weighted by Crippen LogP contribution is 2.25. The van der Waals surface area contributed by atoms with Crippen molar-refractivity contribution in [3.8, 4) is 16.9 Å². The normalized spacial score (nSPS) is 10.0. The van der Waals surface area contributed by atoms with Crippen LogP contribution in [0.4, 0.5) is 0 Å². The molecule has 16 heavy (non-hydrogen) atoms. The van der Waals surface area contributed by atoms with Gasteiger partial charge in [0.1, 0.15) is 5.75 Å². The van der Waals surface area contributed by atoms with Gasteiger partial charge in [-0.1, -0.05) is 12.1 Å². The molecule has 4 nitrogen and oxygen atoms in total. The summed E-state index contributed by atoms with van der Waals surface area (Å²) in [6.45, 7) is 0. The van der Waals surface area contributed by atoms with E-state index in [1.807, 2.05) is 0 Å². The third kappa shape index (κ3) is 1.86. The average molecular weight is 215 g/mol. The SMILES string of the molecule is O=C(O)c1ccncc1-c1cccc(O)c1. The lowest BCUT2D eigenvalue weighted by atomic mass is 10.0. The molecule has 0 fully saturated rings. The molecule has 0 bridgehead atoms. The van der Waals surface area contributed by atoms with Crippen molar-refractivity contribution in [3.63, 3.8) is 0 Å². The number of phenolic OH excluding ortho intramolecular Hbond substituents is 1. The van der Waals surface area contributed by atoms with Gasteiger partial charge in [-0.2, -0.15) is 0 Å². The van der Waals surface area contributed by atoms with Crippen molar-refractivity contribution in [1.29, 1.82) is 0 Å². The smallest absolute Gasteiger partial charge is 0.336 e. The van der Waals surface area contributed by atoms with Gasteiger partial charge in [0.15, 0.2) is 0 Å². The van der Waals surface area contributed by atoms with Gasteiger partial charge < -0.3 is 10.2 Å². The average Bonchev–Trinajstić information content (AvgIpc) is 2.29. The number of aromatic carboxylic acids is 1. The molecule has 1 aromatic heterocycles. The fourth-order valence-electron chi connectivity index (χ4n) is 1.48. The zero-order valence-corrected chi connectivity index (χ0v) is 8.29. The van der Waals surface area contributed by atoms with E-state index < -0.39 is 5.97 Å². The second kappa shape index (κ2) is 4.02. The van der Waals surface area contributed by atoms with Crippen LogP contribution in [0.5, 0.6) is 5.75 Å². The number of carboxylic acids is 1. The zero-order chi connectivity index (χ0) is 11.5. The van der Waals surface area contributed by atoms with Crippen LogP contribution in [0.25, 0.3) is 11.1 Å². The molecule has 0 unspecified atom stereocenters. The highest BCUT2D eigenvalue weighted by molar-refractivity contribution is 5.95. The van der Waals surface area contributed by atoms with Gasteiger partial charge >= 0.3 is 5.97 Å². The van der Waals surface area contributed by atoms with Gasteiger partial charge in [0.05, 0.1) is 5.56 Å². The molecule has 4 heteroatoms. The summed E-state index contributed by atoms with van der Waals surface area (Å²) in [6, 6.07) is 7.85. The molecule has 0 amide bonds. The van der Waals surface area contributed by atoms with Crippen LogP contribution in [0.1, 0.15) is 10.4 Å². The van der Waals surface area contributed by atoms with Crippen LogP contribution in [-0.4, -0.2) is 21.2 Å². The molecule has 0 aliphatic carbocycles. The maximum atomic E-state index is 11.0. The Kier molecular flexibility index (Phi) is 2.55. The van der Waals surface area contributed by atoms with Crippen LogP contribution < -0.4 is 0 Å². The fraction of sp³-hybridized carbons (Fsp3) is 0. The van der Waals surface area contributed by atoms with Crippen molar-refractivity contribution in [3.05, 3.63) is 48.3 Å². The first-order valence-corrected chi connectivity index (χ1v) is 4.65. The van der Waals surface area contributed by atoms with Crippen molar-refractivity contribution in [2.75, 3.05) is 0 Å². The van der Waals surface area contributed by atoms with Crippen LogP contribution in [0, 0.1) is 0 Å². The largest absolute Gasteiger partial charge is 0.508 e. The van der Waals surface area contributed by atoms with Crippen molar-refractivity contribution >= 4 is 5.97 Å². The number of aromatic hydroxyl groups is 1. The zero-order valence-electron chi connectivity index (χ0n) is 8.29. The van der Waals surface area contributed by atoms with Gasteiger partial charge in [0.25, 0.3) is 0 Å². The molecule has 0 radical (unpaired) electrons. The number of hydrogen-bond donors (Lipinski definition) is 2. The topological polar surface area (TPSA) is 70.4 Å². The summed E-state index contributed by atoms with van der Waals surface area (Å²) in [4.78, 5) is 14.9. The first-order chi connectivity index (χ1) is 7.68. The highest BCUT2D eigenvalue weighted by atomic mass is 16.4. The third-order valence-electron chi connectivity index (χ3n) is 2.21. The quantitative estimate of drug-likeness (QED) is 0.805. The minimum absolute atomic E-state index is 0.0951. The number of carbonyl (C=O) groups is 1.